The van der Waals surface area contributed by atoms with Crippen LogP contribution < -0.4 is 10.1 Å². The van der Waals surface area contributed by atoms with Crippen LogP contribution in [0.25, 0.3) is 10.8 Å². The molecule has 1 N–H and O–H groups in total. The summed E-state index contributed by atoms with van der Waals surface area (Å²) in [6.45, 7) is 1.66. The number of pyridine rings is 2. The van der Waals surface area contributed by atoms with E-state index in [1.54, 1.807) is 18.5 Å². The molecule has 6 heteroatoms. The number of nitrogens with zero attached hydrogens (tertiary/aromatic N) is 2. The highest BCUT2D eigenvalue weighted by molar-refractivity contribution is 6.29. The van der Waals surface area contributed by atoms with E-state index >= 15 is 0 Å². The van der Waals surface area contributed by atoms with Crippen molar-refractivity contribution in [2.24, 2.45) is 5.41 Å². The van der Waals surface area contributed by atoms with Crippen LogP contribution in [0.2, 0.25) is 5.15 Å². The van der Waals surface area contributed by atoms with Crippen molar-refractivity contribution < 1.29 is 9.47 Å². The average Bonchev–Trinajstić information content (AvgIpc) is 2.59. The molecule has 2 aliphatic rings. The second-order valence-electron chi connectivity index (χ2n) is 7.04. The van der Waals surface area contributed by atoms with Crippen LogP contribution in [-0.4, -0.2) is 29.3 Å². The largest absolute Gasteiger partial charge is 0.490 e. The van der Waals surface area contributed by atoms with E-state index in [0.717, 1.165) is 47.7 Å². The Morgan fingerprint density at radius 2 is 2.08 bits per heavy atom. The Kier molecular flexibility index (Phi) is 3.72. The van der Waals surface area contributed by atoms with Gasteiger partial charge in [0.25, 0.3) is 0 Å². The third-order valence-corrected chi connectivity index (χ3v) is 5.59. The monoisotopic (exact) mass is 367 g/mol. The van der Waals surface area contributed by atoms with Crippen LogP contribution in [-0.2, 0) is 4.74 Å². The van der Waals surface area contributed by atoms with Gasteiger partial charge in [0.1, 0.15) is 22.8 Å². The van der Waals surface area contributed by atoms with Crippen LogP contribution in [0.15, 0.2) is 48.8 Å². The van der Waals surface area contributed by atoms with E-state index in [4.69, 9.17) is 21.1 Å². The van der Waals surface area contributed by atoms with Crippen LogP contribution in [0.1, 0.15) is 12.8 Å². The Balaban J connectivity index is 1.40. The standard InChI is InChI=1S/C20H18ClN3O2/c21-18-4-1-14(10-23-18)24-19-16-3-2-15(9-13(16)6-8-22-19)26-17-5-7-20(17)11-25-12-20/h1-4,6,8-10,17H,5,7,11-12H2,(H,22,24). The van der Waals surface area contributed by atoms with E-state index < -0.39 is 0 Å². The first-order chi connectivity index (χ1) is 12.7. The average molecular weight is 368 g/mol. The van der Waals surface area contributed by atoms with E-state index in [2.05, 4.69) is 21.4 Å². The molecule has 1 aliphatic heterocycles. The second kappa shape index (κ2) is 6.11. The topological polar surface area (TPSA) is 56.3 Å². The summed E-state index contributed by atoms with van der Waals surface area (Å²) in [6.07, 6.45) is 6.07. The number of halogens is 1. The zero-order valence-electron chi connectivity index (χ0n) is 14.1. The molecule has 1 unspecified atom stereocenters. The van der Waals surface area contributed by atoms with Crippen LogP contribution in [0.4, 0.5) is 11.5 Å². The maximum atomic E-state index is 6.24. The molecule has 132 valence electrons. The Morgan fingerprint density at radius 1 is 1.15 bits per heavy atom. The third-order valence-electron chi connectivity index (χ3n) is 5.37. The Bertz CT molecular complexity index is 951. The molecule has 2 fully saturated rings. The molecule has 1 aromatic carbocycles. The number of benzene rings is 1. The predicted molar refractivity (Wildman–Crippen MR) is 101 cm³/mol. The minimum atomic E-state index is 0.265. The first-order valence-corrected chi connectivity index (χ1v) is 9.11. The smallest absolute Gasteiger partial charge is 0.138 e. The molecule has 1 atom stereocenters. The van der Waals surface area contributed by atoms with E-state index in [1.165, 1.54) is 6.42 Å². The normalized spacial score (nSPS) is 20.4. The number of ether oxygens (including phenoxy) is 2. The molecule has 0 radical (unpaired) electrons. The van der Waals surface area contributed by atoms with Crippen LogP contribution in [0.5, 0.6) is 5.75 Å². The van der Waals surface area contributed by atoms with Gasteiger partial charge in [0.15, 0.2) is 0 Å². The minimum absolute atomic E-state index is 0.265. The van der Waals surface area contributed by atoms with Crippen molar-refractivity contribution in [1.82, 2.24) is 9.97 Å². The van der Waals surface area contributed by atoms with Crippen molar-refractivity contribution in [1.29, 1.82) is 0 Å². The van der Waals surface area contributed by atoms with Gasteiger partial charge >= 0.3 is 0 Å². The summed E-state index contributed by atoms with van der Waals surface area (Å²) in [5.41, 5.74) is 1.11. The first-order valence-electron chi connectivity index (χ1n) is 8.74. The van der Waals surface area contributed by atoms with E-state index in [-0.39, 0.29) is 11.5 Å². The quantitative estimate of drug-likeness (QED) is 0.684. The lowest BCUT2D eigenvalue weighted by atomic mass is 9.64. The van der Waals surface area contributed by atoms with Gasteiger partial charge in [-0.3, -0.25) is 0 Å². The Hall–Kier alpha value is -2.37. The molecule has 0 amide bonds. The molecule has 1 saturated heterocycles. The SMILES string of the molecule is Clc1ccc(Nc2nccc3cc(OC4CCC45COC5)ccc23)cn1. The fraction of sp³-hybridized carbons (Fsp3) is 0.300. The van der Waals surface area contributed by atoms with Crippen LogP contribution in [0, 0.1) is 5.41 Å². The zero-order chi connectivity index (χ0) is 17.6. The number of aromatic nitrogens is 2. The maximum absolute atomic E-state index is 6.24. The highest BCUT2D eigenvalue weighted by Crippen LogP contribution is 2.49. The third kappa shape index (κ3) is 2.68. The summed E-state index contributed by atoms with van der Waals surface area (Å²) in [5, 5.41) is 5.88. The van der Waals surface area contributed by atoms with E-state index in [0.29, 0.717) is 5.15 Å². The van der Waals surface area contributed by atoms with Crippen molar-refractivity contribution in [2.75, 3.05) is 18.5 Å². The summed E-state index contributed by atoms with van der Waals surface area (Å²) in [7, 11) is 0. The van der Waals surface area contributed by atoms with Gasteiger partial charge in [0, 0.05) is 11.6 Å². The van der Waals surface area contributed by atoms with Gasteiger partial charge in [-0.25, -0.2) is 9.97 Å². The first kappa shape index (κ1) is 15.9. The van der Waals surface area contributed by atoms with Crippen LogP contribution >= 0.6 is 11.6 Å². The molecule has 26 heavy (non-hydrogen) atoms. The van der Waals surface area contributed by atoms with Crippen molar-refractivity contribution in [3.05, 3.63) is 53.9 Å². The highest BCUT2D eigenvalue weighted by Gasteiger charge is 2.54. The Morgan fingerprint density at radius 3 is 2.77 bits per heavy atom. The molecule has 5 rings (SSSR count). The minimum Gasteiger partial charge on any atom is -0.490 e. The molecule has 0 bridgehead atoms. The second-order valence-corrected chi connectivity index (χ2v) is 7.42. The summed E-state index contributed by atoms with van der Waals surface area (Å²) in [5.74, 6) is 1.68. The molecule has 1 saturated carbocycles. The van der Waals surface area contributed by atoms with Gasteiger partial charge in [-0.05, 0) is 54.6 Å². The molecule has 5 nitrogen and oxygen atoms in total. The summed E-state index contributed by atoms with van der Waals surface area (Å²) >= 11 is 5.84. The molecule has 2 aromatic heterocycles. The van der Waals surface area contributed by atoms with Crippen molar-refractivity contribution in [3.63, 3.8) is 0 Å². The van der Waals surface area contributed by atoms with Gasteiger partial charge in [-0.1, -0.05) is 11.6 Å². The summed E-state index contributed by atoms with van der Waals surface area (Å²) < 4.78 is 11.6. The summed E-state index contributed by atoms with van der Waals surface area (Å²) in [4.78, 5) is 8.55. The fourth-order valence-electron chi connectivity index (χ4n) is 3.63. The lowest BCUT2D eigenvalue weighted by Gasteiger charge is -2.54. The summed E-state index contributed by atoms with van der Waals surface area (Å²) in [6, 6.07) is 11.8. The highest BCUT2D eigenvalue weighted by atomic mass is 35.5. The van der Waals surface area contributed by atoms with Gasteiger partial charge < -0.3 is 14.8 Å². The lowest BCUT2D eigenvalue weighted by Crippen LogP contribution is -2.60. The Labute approximate surface area is 156 Å². The van der Waals surface area contributed by atoms with E-state index in [9.17, 15) is 0 Å². The molecule has 3 aromatic rings. The number of hydrogen-bond donors (Lipinski definition) is 1. The van der Waals surface area contributed by atoms with Crippen molar-refractivity contribution in [2.45, 2.75) is 18.9 Å². The predicted octanol–water partition coefficient (Wildman–Crippen LogP) is 4.58. The zero-order valence-corrected chi connectivity index (χ0v) is 14.9. The van der Waals surface area contributed by atoms with Crippen LogP contribution in [0.3, 0.4) is 0 Å². The molecule has 3 heterocycles. The molecular formula is C20H18ClN3O2. The number of hydrogen-bond acceptors (Lipinski definition) is 5. The number of nitrogens with one attached hydrogen (secondary N) is 1. The van der Waals surface area contributed by atoms with Crippen molar-refractivity contribution in [3.8, 4) is 5.75 Å². The van der Waals surface area contributed by atoms with Gasteiger partial charge in [-0.15, -0.1) is 0 Å². The molecule has 1 aliphatic carbocycles. The van der Waals surface area contributed by atoms with Gasteiger partial charge in [0.05, 0.1) is 30.5 Å². The number of anilines is 2. The van der Waals surface area contributed by atoms with Crippen molar-refractivity contribution >= 4 is 33.9 Å². The number of fused-ring (bicyclic) bond motifs is 1. The molecular weight excluding hydrogens is 350 g/mol. The molecule has 1 spiro atoms. The lowest BCUT2D eigenvalue weighted by molar-refractivity contribution is -0.213. The number of rotatable bonds is 4. The maximum Gasteiger partial charge on any atom is 0.138 e. The fourth-order valence-corrected chi connectivity index (χ4v) is 3.74. The van der Waals surface area contributed by atoms with E-state index in [1.807, 2.05) is 24.3 Å². The van der Waals surface area contributed by atoms with Gasteiger partial charge in [0.2, 0.25) is 0 Å². The van der Waals surface area contributed by atoms with Gasteiger partial charge in [-0.2, -0.15) is 0 Å².